The van der Waals surface area contributed by atoms with Crippen LogP contribution in [0.25, 0.3) is 10.9 Å². The van der Waals surface area contributed by atoms with Crippen LogP contribution in [0.2, 0.25) is 0 Å². The lowest BCUT2D eigenvalue weighted by Gasteiger charge is -2.32. The number of carbonyl (C=O) groups is 1. The summed E-state index contributed by atoms with van der Waals surface area (Å²) >= 11 is 0. The Kier molecular flexibility index (Phi) is 4.71. The summed E-state index contributed by atoms with van der Waals surface area (Å²) in [6.45, 7) is 5.56. The van der Waals surface area contributed by atoms with Gasteiger partial charge in [-0.3, -0.25) is 9.78 Å². The van der Waals surface area contributed by atoms with Crippen LogP contribution in [-0.2, 0) is 0 Å². The van der Waals surface area contributed by atoms with E-state index < -0.39 is 0 Å². The molecule has 1 amide bonds. The average molecular weight is 337 g/mol. The van der Waals surface area contributed by atoms with Crippen molar-refractivity contribution < 1.29 is 4.79 Å². The number of aromatic nitrogens is 1. The number of amides is 1. The molecule has 2 fully saturated rings. The highest BCUT2D eigenvalue weighted by Gasteiger charge is 2.27. The van der Waals surface area contributed by atoms with Crippen molar-refractivity contribution in [3.05, 3.63) is 41.6 Å². The molecule has 4 heteroatoms. The Balaban J connectivity index is 1.52. The molecule has 0 bridgehead atoms. The number of fused-ring (bicyclic) bond motifs is 1. The second-order valence-corrected chi connectivity index (χ2v) is 7.48. The van der Waals surface area contributed by atoms with Crippen molar-refractivity contribution in [1.29, 1.82) is 0 Å². The highest BCUT2D eigenvalue weighted by molar-refractivity contribution is 6.06. The molecule has 2 heterocycles. The number of pyridine rings is 1. The first-order chi connectivity index (χ1) is 12.2. The van der Waals surface area contributed by atoms with E-state index in [0.29, 0.717) is 5.92 Å². The number of nitrogens with zero attached hydrogens (tertiary/aromatic N) is 2. The maximum atomic E-state index is 13.0. The molecule has 1 aliphatic carbocycles. The summed E-state index contributed by atoms with van der Waals surface area (Å²) in [7, 11) is 0. The van der Waals surface area contributed by atoms with Crippen LogP contribution in [-0.4, -0.2) is 41.5 Å². The van der Waals surface area contributed by atoms with Crippen LogP contribution >= 0.6 is 0 Å². The summed E-state index contributed by atoms with van der Waals surface area (Å²) < 4.78 is 0. The quantitative estimate of drug-likeness (QED) is 0.904. The zero-order valence-corrected chi connectivity index (χ0v) is 15.0. The molecule has 1 aliphatic heterocycles. The van der Waals surface area contributed by atoms with Gasteiger partial charge in [0.05, 0.1) is 11.1 Å². The number of hydrogen-bond donors (Lipinski definition) is 1. The van der Waals surface area contributed by atoms with E-state index >= 15 is 0 Å². The first kappa shape index (κ1) is 16.5. The molecule has 1 N–H and O–H groups in total. The predicted molar refractivity (Wildman–Crippen MR) is 101 cm³/mol. The fraction of sp³-hybridized carbons (Fsp3) is 0.524. The standard InChI is InChI=1S/C21H27N3O/c1-2-11-24-12-9-16(10-13-24)22-21(25)18-14-20(15-7-8-15)23-19-6-4-3-5-17(18)19/h3-6,14-16H,2,7-13H2,1H3,(H,22,25). The molecule has 1 aromatic heterocycles. The highest BCUT2D eigenvalue weighted by atomic mass is 16.1. The molecule has 2 aliphatic rings. The molecular formula is C21H27N3O. The van der Waals surface area contributed by atoms with E-state index in [4.69, 9.17) is 4.98 Å². The van der Waals surface area contributed by atoms with Crippen LogP contribution in [0.15, 0.2) is 30.3 Å². The van der Waals surface area contributed by atoms with E-state index in [9.17, 15) is 4.79 Å². The van der Waals surface area contributed by atoms with Gasteiger partial charge in [0.2, 0.25) is 0 Å². The third-order valence-corrected chi connectivity index (χ3v) is 5.44. The molecule has 0 atom stereocenters. The lowest BCUT2D eigenvalue weighted by Crippen LogP contribution is -2.44. The Morgan fingerprint density at radius 1 is 1.20 bits per heavy atom. The number of hydrogen-bond acceptors (Lipinski definition) is 3. The van der Waals surface area contributed by atoms with E-state index in [0.717, 1.165) is 48.1 Å². The van der Waals surface area contributed by atoms with Crippen LogP contribution in [0, 0.1) is 0 Å². The molecule has 1 saturated heterocycles. The fourth-order valence-electron chi connectivity index (χ4n) is 3.85. The van der Waals surface area contributed by atoms with Gasteiger partial charge in [-0.15, -0.1) is 0 Å². The molecule has 0 radical (unpaired) electrons. The van der Waals surface area contributed by atoms with E-state index in [1.54, 1.807) is 0 Å². The Bertz CT molecular complexity index is 761. The Morgan fingerprint density at radius 3 is 2.68 bits per heavy atom. The van der Waals surface area contributed by atoms with E-state index in [2.05, 4.69) is 17.1 Å². The third-order valence-electron chi connectivity index (χ3n) is 5.44. The SMILES string of the molecule is CCCN1CCC(NC(=O)c2cc(C3CC3)nc3ccccc23)CC1. The first-order valence-corrected chi connectivity index (χ1v) is 9.67. The molecule has 132 valence electrons. The minimum Gasteiger partial charge on any atom is -0.349 e. The zero-order chi connectivity index (χ0) is 17.2. The van der Waals surface area contributed by atoms with Gasteiger partial charge in [0.1, 0.15) is 0 Å². The van der Waals surface area contributed by atoms with Gasteiger partial charge in [-0.1, -0.05) is 25.1 Å². The minimum atomic E-state index is 0.0643. The van der Waals surface area contributed by atoms with E-state index in [-0.39, 0.29) is 11.9 Å². The number of para-hydroxylation sites is 1. The Hall–Kier alpha value is -1.94. The maximum absolute atomic E-state index is 13.0. The van der Waals surface area contributed by atoms with Crippen molar-refractivity contribution in [2.45, 2.75) is 51.0 Å². The maximum Gasteiger partial charge on any atom is 0.252 e. The molecule has 0 spiro atoms. The van der Waals surface area contributed by atoms with Crippen molar-refractivity contribution in [1.82, 2.24) is 15.2 Å². The van der Waals surface area contributed by atoms with Crippen molar-refractivity contribution in [2.75, 3.05) is 19.6 Å². The summed E-state index contributed by atoms with van der Waals surface area (Å²) in [4.78, 5) is 20.2. The van der Waals surface area contributed by atoms with Crippen LogP contribution in [0.3, 0.4) is 0 Å². The van der Waals surface area contributed by atoms with Gasteiger partial charge in [0.25, 0.3) is 5.91 Å². The van der Waals surface area contributed by atoms with Crippen molar-refractivity contribution in [3.63, 3.8) is 0 Å². The van der Waals surface area contributed by atoms with E-state index in [1.165, 1.54) is 25.8 Å². The van der Waals surface area contributed by atoms with Crippen LogP contribution < -0.4 is 5.32 Å². The molecule has 0 unspecified atom stereocenters. The number of rotatable bonds is 5. The Labute approximate surface area is 149 Å². The first-order valence-electron chi connectivity index (χ1n) is 9.67. The van der Waals surface area contributed by atoms with Gasteiger partial charge < -0.3 is 10.2 Å². The minimum absolute atomic E-state index is 0.0643. The number of likely N-dealkylation sites (tertiary alicyclic amines) is 1. The van der Waals surface area contributed by atoms with Gasteiger partial charge in [-0.2, -0.15) is 0 Å². The van der Waals surface area contributed by atoms with Gasteiger partial charge in [-0.25, -0.2) is 0 Å². The number of piperidine rings is 1. The van der Waals surface area contributed by atoms with Crippen LogP contribution in [0.4, 0.5) is 0 Å². The zero-order valence-electron chi connectivity index (χ0n) is 15.0. The highest BCUT2D eigenvalue weighted by Crippen LogP contribution is 2.40. The predicted octanol–water partition coefficient (Wildman–Crippen LogP) is 3.72. The topological polar surface area (TPSA) is 45.2 Å². The third kappa shape index (κ3) is 3.69. The fourth-order valence-corrected chi connectivity index (χ4v) is 3.85. The molecule has 25 heavy (non-hydrogen) atoms. The monoisotopic (exact) mass is 337 g/mol. The molecular weight excluding hydrogens is 310 g/mol. The molecule has 1 aromatic carbocycles. The summed E-state index contributed by atoms with van der Waals surface area (Å²) in [5.41, 5.74) is 2.82. The van der Waals surface area contributed by atoms with Gasteiger partial charge in [0, 0.05) is 36.1 Å². The Morgan fingerprint density at radius 2 is 1.96 bits per heavy atom. The molecule has 2 aromatic rings. The largest absolute Gasteiger partial charge is 0.349 e. The van der Waals surface area contributed by atoms with Crippen LogP contribution in [0.5, 0.6) is 0 Å². The van der Waals surface area contributed by atoms with Crippen molar-refractivity contribution in [3.8, 4) is 0 Å². The summed E-state index contributed by atoms with van der Waals surface area (Å²) in [6.07, 6.45) is 5.68. The second-order valence-electron chi connectivity index (χ2n) is 7.48. The van der Waals surface area contributed by atoms with E-state index in [1.807, 2.05) is 30.3 Å². The molecule has 4 nitrogen and oxygen atoms in total. The van der Waals surface area contributed by atoms with Gasteiger partial charge in [0.15, 0.2) is 0 Å². The normalized spacial score (nSPS) is 19.2. The van der Waals surface area contributed by atoms with Crippen LogP contribution in [0.1, 0.15) is 61.0 Å². The lowest BCUT2D eigenvalue weighted by molar-refractivity contribution is 0.0912. The smallest absolute Gasteiger partial charge is 0.252 e. The number of carbonyl (C=O) groups excluding carboxylic acids is 1. The number of nitrogens with one attached hydrogen (secondary N) is 1. The molecule has 4 rings (SSSR count). The average Bonchev–Trinajstić information content (AvgIpc) is 3.48. The van der Waals surface area contributed by atoms with Gasteiger partial charge in [-0.05, 0) is 50.8 Å². The number of benzene rings is 1. The lowest BCUT2D eigenvalue weighted by atomic mass is 10.0. The van der Waals surface area contributed by atoms with Gasteiger partial charge >= 0.3 is 0 Å². The van der Waals surface area contributed by atoms with Crippen molar-refractivity contribution >= 4 is 16.8 Å². The summed E-state index contributed by atoms with van der Waals surface area (Å²) in [5, 5.41) is 4.25. The summed E-state index contributed by atoms with van der Waals surface area (Å²) in [5.74, 6) is 0.614. The molecule has 1 saturated carbocycles. The second kappa shape index (κ2) is 7.12. The van der Waals surface area contributed by atoms with Crippen molar-refractivity contribution in [2.24, 2.45) is 0 Å². The summed E-state index contributed by atoms with van der Waals surface area (Å²) in [6, 6.07) is 10.3.